The molecule has 1 aromatic carbocycles. The van der Waals surface area contributed by atoms with E-state index in [4.69, 9.17) is 11.5 Å². The molecule has 3 heterocycles. The monoisotopic (exact) mass is 395 g/mol. The number of hydrazone groups is 1. The van der Waals surface area contributed by atoms with Gasteiger partial charge in [-0.25, -0.2) is 9.97 Å². The van der Waals surface area contributed by atoms with Crippen LogP contribution in [0.5, 0.6) is 0 Å². The lowest BCUT2D eigenvalue weighted by Gasteiger charge is -2.34. The largest absolute Gasteiger partial charge is 0.382 e. The molecular formula is C19H25N9O. The van der Waals surface area contributed by atoms with E-state index >= 15 is 0 Å². The molecule has 0 aliphatic carbocycles. The Bertz CT molecular complexity index is 935. The van der Waals surface area contributed by atoms with E-state index in [-0.39, 0.29) is 11.7 Å². The Morgan fingerprint density at radius 2 is 1.83 bits per heavy atom. The van der Waals surface area contributed by atoms with Gasteiger partial charge in [0.05, 0.1) is 11.9 Å². The van der Waals surface area contributed by atoms with E-state index < -0.39 is 12.1 Å². The summed E-state index contributed by atoms with van der Waals surface area (Å²) in [6.07, 6.45) is 1.14. The van der Waals surface area contributed by atoms with Gasteiger partial charge in [-0.15, -0.1) is 0 Å². The van der Waals surface area contributed by atoms with Gasteiger partial charge in [-0.3, -0.25) is 9.80 Å². The molecule has 1 fully saturated rings. The first-order valence-electron chi connectivity index (χ1n) is 9.46. The summed E-state index contributed by atoms with van der Waals surface area (Å²) >= 11 is 0. The van der Waals surface area contributed by atoms with Crippen LogP contribution in [-0.4, -0.2) is 71.9 Å². The normalized spacial score (nSPS) is 19.8. The lowest BCUT2D eigenvalue weighted by molar-refractivity contribution is -0.112. The smallest absolute Gasteiger partial charge is 0.286 e. The fourth-order valence-corrected chi connectivity index (χ4v) is 3.49. The van der Waals surface area contributed by atoms with Crippen LogP contribution in [0.25, 0.3) is 11.3 Å². The van der Waals surface area contributed by atoms with Crippen molar-refractivity contribution in [3.8, 4) is 11.3 Å². The predicted octanol–water partition coefficient (Wildman–Crippen LogP) is -0.190. The van der Waals surface area contributed by atoms with Crippen molar-refractivity contribution in [2.24, 2.45) is 10.8 Å². The van der Waals surface area contributed by atoms with Gasteiger partial charge in [-0.2, -0.15) is 5.10 Å². The molecule has 2 aliphatic heterocycles. The summed E-state index contributed by atoms with van der Waals surface area (Å²) in [4.78, 5) is 25.1. The molecule has 152 valence electrons. The van der Waals surface area contributed by atoms with Crippen LogP contribution < -0.4 is 21.7 Å². The first-order chi connectivity index (χ1) is 13.9. The minimum Gasteiger partial charge on any atom is -0.382 e. The first kappa shape index (κ1) is 18.9. The maximum Gasteiger partial charge on any atom is 0.286 e. The number of anilines is 2. The number of piperazine rings is 1. The molecule has 1 saturated heterocycles. The third-order valence-corrected chi connectivity index (χ3v) is 5.26. The average molecular weight is 395 g/mol. The summed E-state index contributed by atoms with van der Waals surface area (Å²) in [5.41, 5.74) is 14.7. The molecule has 2 aromatic rings. The number of carbonyl (C=O) groups excluding carboxylic acids is 1. The third kappa shape index (κ3) is 3.79. The first-order valence-corrected chi connectivity index (χ1v) is 9.46. The predicted molar refractivity (Wildman–Crippen MR) is 112 cm³/mol. The summed E-state index contributed by atoms with van der Waals surface area (Å²) in [6, 6.07) is 8.28. The van der Waals surface area contributed by atoms with Gasteiger partial charge >= 0.3 is 0 Å². The second-order valence-electron chi connectivity index (χ2n) is 7.30. The lowest BCUT2D eigenvalue weighted by Crippen LogP contribution is -2.44. The van der Waals surface area contributed by atoms with Gasteiger partial charge in [0.15, 0.2) is 6.17 Å². The van der Waals surface area contributed by atoms with Gasteiger partial charge in [-0.05, 0) is 19.2 Å². The molecule has 0 saturated carbocycles. The highest BCUT2D eigenvalue weighted by Gasteiger charge is 2.30. The fourth-order valence-electron chi connectivity index (χ4n) is 3.49. The number of benzene rings is 1. The number of amidine groups is 1. The molecule has 4 rings (SSSR count). The van der Waals surface area contributed by atoms with E-state index in [0.29, 0.717) is 11.4 Å². The summed E-state index contributed by atoms with van der Waals surface area (Å²) < 4.78 is 0. The number of likely N-dealkylation sites (N-methyl/N-ethyl adjacent to an activating group) is 1. The molecular weight excluding hydrogens is 370 g/mol. The van der Waals surface area contributed by atoms with Crippen molar-refractivity contribution in [2.45, 2.75) is 6.17 Å². The van der Waals surface area contributed by atoms with E-state index in [1.54, 1.807) is 18.3 Å². The van der Waals surface area contributed by atoms with Crippen LogP contribution in [0.2, 0.25) is 0 Å². The van der Waals surface area contributed by atoms with Gasteiger partial charge in [0.1, 0.15) is 11.5 Å². The molecule has 10 nitrogen and oxygen atoms in total. The maximum atomic E-state index is 11.4. The van der Waals surface area contributed by atoms with E-state index in [9.17, 15) is 4.79 Å². The minimum absolute atomic E-state index is 0.0700. The van der Waals surface area contributed by atoms with Crippen molar-refractivity contribution >= 4 is 23.2 Å². The number of carbonyl (C=O) groups is 1. The van der Waals surface area contributed by atoms with Gasteiger partial charge < -0.3 is 26.6 Å². The number of hydrogen-bond donors (Lipinski definition) is 3. The summed E-state index contributed by atoms with van der Waals surface area (Å²) in [7, 11) is 3.86. The second kappa shape index (κ2) is 7.55. The number of primary amides is 1. The number of hydrogen-bond acceptors (Lipinski definition) is 9. The molecule has 0 radical (unpaired) electrons. The molecule has 1 unspecified atom stereocenters. The number of nitrogens with one attached hydrogen (secondary N) is 1. The Labute approximate surface area is 169 Å². The number of nitrogen functional groups attached to an aromatic ring is 1. The summed E-state index contributed by atoms with van der Waals surface area (Å²) in [5.74, 6) is -0.296. The topological polar surface area (TPSA) is 129 Å². The molecule has 0 spiro atoms. The highest BCUT2D eigenvalue weighted by Crippen LogP contribution is 2.27. The quantitative estimate of drug-likeness (QED) is 0.650. The third-order valence-electron chi connectivity index (χ3n) is 5.26. The van der Waals surface area contributed by atoms with Crippen molar-refractivity contribution in [3.05, 3.63) is 36.2 Å². The molecule has 1 aromatic heterocycles. The van der Waals surface area contributed by atoms with Crippen LogP contribution in [0.1, 0.15) is 11.9 Å². The Hall–Kier alpha value is -3.40. The Balaban J connectivity index is 1.55. The average Bonchev–Trinajstić information content (AvgIpc) is 3.11. The van der Waals surface area contributed by atoms with Crippen molar-refractivity contribution < 1.29 is 4.79 Å². The van der Waals surface area contributed by atoms with E-state index in [0.717, 1.165) is 31.7 Å². The number of amides is 1. The number of aromatic nitrogens is 2. The van der Waals surface area contributed by atoms with Crippen molar-refractivity contribution in [1.82, 2.24) is 25.2 Å². The molecule has 29 heavy (non-hydrogen) atoms. The molecule has 2 aliphatic rings. The number of rotatable bonds is 4. The molecule has 1 atom stereocenters. The van der Waals surface area contributed by atoms with Gasteiger partial charge in [0.2, 0.25) is 5.84 Å². The lowest BCUT2D eigenvalue weighted by atomic mass is 10.1. The molecule has 1 amide bonds. The molecule has 10 heteroatoms. The Morgan fingerprint density at radius 3 is 2.45 bits per heavy atom. The Kier molecular flexibility index (Phi) is 4.93. The molecule has 5 N–H and O–H groups in total. The van der Waals surface area contributed by atoms with Gasteiger partial charge in [-0.1, -0.05) is 12.1 Å². The van der Waals surface area contributed by atoms with E-state index in [1.807, 2.05) is 12.1 Å². The zero-order valence-corrected chi connectivity index (χ0v) is 16.5. The minimum atomic E-state index is -0.637. The zero-order valence-electron chi connectivity index (χ0n) is 16.5. The highest BCUT2D eigenvalue weighted by atomic mass is 16.1. The zero-order chi connectivity index (χ0) is 20.5. The van der Waals surface area contributed by atoms with Gasteiger partial charge in [0, 0.05) is 44.5 Å². The highest BCUT2D eigenvalue weighted by molar-refractivity contribution is 6.37. The summed E-state index contributed by atoms with van der Waals surface area (Å²) in [6.45, 7) is 4.16. The van der Waals surface area contributed by atoms with E-state index in [2.05, 4.69) is 49.4 Å². The van der Waals surface area contributed by atoms with Crippen LogP contribution in [0.3, 0.4) is 0 Å². The summed E-state index contributed by atoms with van der Waals surface area (Å²) in [5, 5.41) is 8.59. The van der Waals surface area contributed by atoms with E-state index in [1.165, 1.54) is 5.69 Å². The molecule has 0 bridgehead atoms. The Morgan fingerprint density at radius 1 is 1.14 bits per heavy atom. The second-order valence-corrected chi connectivity index (χ2v) is 7.30. The number of nitrogens with zero attached hydrogens (tertiary/aromatic N) is 6. The van der Waals surface area contributed by atoms with Crippen molar-refractivity contribution in [1.29, 1.82) is 0 Å². The number of nitrogens with two attached hydrogens (primary N) is 2. The van der Waals surface area contributed by atoms with Gasteiger partial charge in [0.25, 0.3) is 5.91 Å². The van der Waals surface area contributed by atoms with Crippen molar-refractivity contribution in [2.75, 3.05) is 50.9 Å². The maximum absolute atomic E-state index is 11.4. The standard InChI is InChI=1S/C19H25N9O/c1-26-7-9-28(10-8-26)13-5-3-12(4-6-13)14-11-22-16(20)15(23-14)19-24-18(17(21)29)25-27(19)2/h3-6,11,19H,7-10H2,1-2H3,(H2,20,22)(H2,21,29)(H,24,25). The van der Waals surface area contributed by atoms with Crippen LogP contribution in [0.4, 0.5) is 11.5 Å². The van der Waals surface area contributed by atoms with Crippen LogP contribution in [-0.2, 0) is 4.79 Å². The SMILES string of the molecule is CN1CCN(c2ccc(-c3cnc(N)c(C4NC(C(N)=O)=NN4C)n3)cc2)CC1. The van der Waals surface area contributed by atoms with Crippen LogP contribution in [0, 0.1) is 0 Å². The fraction of sp³-hybridized carbons (Fsp3) is 0.368. The van der Waals surface area contributed by atoms with Crippen LogP contribution in [0.15, 0.2) is 35.6 Å². The van der Waals surface area contributed by atoms with Crippen molar-refractivity contribution in [3.63, 3.8) is 0 Å². The van der Waals surface area contributed by atoms with Crippen LogP contribution >= 0.6 is 0 Å².